The molecule has 0 atom stereocenters. The van der Waals surface area contributed by atoms with E-state index in [0.29, 0.717) is 11.6 Å². The molecule has 0 N–H and O–H groups in total. The molecule has 134 valence electrons. The summed E-state index contributed by atoms with van der Waals surface area (Å²) in [4.78, 5) is 12.0. The van der Waals surface area contributed by atoms with Crippen LogP contribution in [0.15, 0.2) is 24.3 Å². The summed E-state index contributed by atoms with van der Waals surface area (Å²) in [6.07, 6.45) is 2.09. The first kappa shape index (κ1) is 16.5. The maximum absolute atomic E-state index is 12.0. The fourth-order valence-corrected chi connectivity index (χ4v) is 3.41. The average molecular weight is 351 g/mol. The lowest BCUT2D eigenvalue weighted by atomic mass is 10.0. The molecule has 1 aromatic carbocycles. The minimum Gasteiger partial charge on any atom is -0.464 e. The number of hydrogen-bond donors (Lipinski definition) is 0. The van der Waals surface area contributed by atoms with Gasteiger partial charge in [-0.1, -0.05) is 17.3 Å². The van der Waals surface area contributed by atoms with Crippen LogP contribution in [0.3, 0.4) is 0 Å². The zero-order valence-corrected chi connectivity index (χ0v) is 15.4. The van der Waals surface area contributed by atoms with Crippen molar-refractivity contribution in [2.75, 3.05) is 7.11 Å². The molecule has 0 spiro atoms. The maximum Gasteiger partial charge on any atom is 0.360 e. The number of esters is 1. The van der Waals surface area contributed by atoms with Crippen molar-refractivity contribution in [3.63, 3.8) is 0 Å². The smallest absolute Gasteiger partial charge is 0.360 e. The van der Waals surface area contributed by atoms with E-state index in [9.17, 15) is 4.79 Å². The number of nitrogens with zero attached hydrogens (tertiary/aromatic N) is 5. The van der Waals surface area contributed by atoms with E-state index in [2.05, 4.69) is 34.5 Å². The zero-order chi connectivity index (χ0) is 18.4. The topological polar surface area (TPSA) is 74.8 Å². The molecule has 1 aliphatic carbocycles. The molecular formula is C19H21N5O2. The van der Waals surface area contributed by atoms with Crippen molar-refractivity contribution >= 4 is 5.97 Å². The molecule has 7 heteroatoms. The van der Waals surface area contributed by atoms with Crippen molar-refractivity contribution in [3.05, 3.63) is 47.0 Å². The summed E-state index contributed by atoms with van der Waals surface area (Å²) in [5.74, 6) is -0.113. The number of carbonyl (C=O) groups is 1. The van der Waals surface area contributed by atoms with Crippen LogP contribution in [0.2, 0.25) is 0 Å². The molecule has 0 aliphatic heterocycles. The van der Waals surface area contributed by atoms with E-state index in [1.807, 2.05) is 30.8 Å². The Morgan fingerprint density at radius 2 is 1.88 bits per heavy atom. The molecule has 1 saturated carbocycles. The van der Waals surface area contributed by atoms with Crippen LogP contribution in [-0.4, -0.2) is 37.9 Å². The molecule has 1 aliphatic rings. The molecule has 0 unspecified atom stereocenters. The van der Waals surface area contributed by atoms with Crippen LogP contribution in [0.25, 0.3) is 16.8 Å². The zero-order valence-electron chi connectivity index (χ0n) is 15.4. The van der Waals surface area contributed by atoms with Gasteiger partial charge in [-0.05, 0) is 44.4 Å². The highest BCUT2D eigenvalue weighted by atomic mass is 16.5. The van der Waals surface area contributed by atoms with E-state index in [4.69, 9.17) is 4.74 Å². The second kappa shape index (κ2) is 6.09. The number of aryl methyl sites for hydroxylation is 2. The number of hydrogen-bond acceptors (Lipinski definition) is 5. The van der Waals surface area contributed by atoms with Gasteiger partial charge in [0.05, 0.1) is 24.2 Å². The van der Waals surface area contributed by atoms with Crippen LogP contribution in [0, 0.1) is 13.8 Å². The molecule has 0 saturated heterocycles. The van der Waals surface area contributed by atoms with Gasteiger partial charge in [-0.2, -0.15) is 5.10 Å². The molecule has 3 aromatic rings. The van der Waals surface area contributed by atoms with Gasteiger partial charge in [-0.15, -0.1) is 5.10 Å². The normalized spacial score (nSPS) is 13.8. The SMILES string of the molecule is COC(=O)c1nnn(-c2ccc(-c3c(C)nn(C)c3C)cc2)c1C1CC1. The lowest BCUT2D eigenvalue weighted by Gasteiger charge is -2.08. The van der Waals surface area contributed by atoms with Crippen molar-refractivity contribution in [2.45, 2.75) is 32.6 Å². The molecule has 2 heterocycles. The summed E-state index contributed by atoms with van der Waals surface area (Å²) >= 11 is 0. The number of aromatic nitrogens is 5. The first-order chi connectivity index (χ1) is 12.5. The van der Waals surface area contributed by atoms with Crippen LogP contribution < -0.4 is 0 Å². The van der Waals surface area contributed by atoms with Crippen LogP contribution in [0.4, 0.5) is 0 Å². The maximum atomic E-state index is 12.0. The van der Waals surface area contributed by atoms with E-state index >= 15 is 0 Å². The highest BCUT2D eigenvalue weighted by molar-refractivity contribution is 5.88. The monoisotopic (exact) mass is 351 g/mol. The number of carbonyl (C=O) groups excluding carboxylic acids is 1. The Hall–Kier alpha value is -2.96. The van der Waals surface area contributed by atoms with Crippen molar-refractivity contribution in [1.82, 2.24) is 24.8 Å². The standard InChI is InChI=1S/C19H21N5O2/c1-11-16(12(2)23(3)21-11)13-7-9-15(10-8-13)24-18(14-5-6-14)17(20-22-24)19(25)26-4/h7-10,14H,5-6H2,1-4H3. The summed E-state index contributed by atoms with van der Waals surface area (Å²) in [7, 11) is 3.32. The van der Waals surface area contributed by atoms with Crippen LogP contribution in [0.1, 0.15) is 46.3 Å². The fraction of sp³-hybridized carbons (Fsp3) is 0.368. The first-order valence-corrected chi connectivity index (χ1v) is 8.66. The summed E-state index contributed by atoms with van der Waals surface area (Å²) in [6.45, 7) is 4.08. The Balaban J connectivity index is 1.74. The summed E-state index contributed by atoms with van der Waals surface area (Å²) in [5.41, 5.74) is 6.44. The predicted octanol–water partition coefficient (Wildman–Crippen LogP) is 2.95. The Labute approximate surface area is 151 Å². The predicted molar refractivity (Wildman–Crippen MR) is 96.3 cm³/mol. The minimum atomic E-state index is -0.434. The first-order valence-electron chi connectivity index (χ1n) is 8.66. The van der Waals surface area contributed by atoms with E-state index in [0.717, 1.165) is 46.7 Å². The third-order valence-corrected chi connectivity index (χ3v) is 4.96. The van der Waals surface area contributed by atoms with E-state index < -0.39 is 5.97 Å². The molecule has 2 aromatic heterocycles. The van der Waals surface area contributed by atoms with E-state index in [1.165, 1.54) is 7.11 Å². The molecule has 0 amide bonds. The van der Waals surface area contributed by atoms with Crippen molar-refractivity contribution in [3.8, 4) is 16.8 Å². The Morgan fingerprint density at radius 1 is 1.19 bits per heavy atom. The summed E-state index contributed by atoms with van der Waals surface area (Å²) in [6, 6.07) is 8.12. The van der Waals surface area contributed by atoms with Crippen LogP contribution in [0.5, 0.6) is 0 Å². The second-order valence-electron chi connectivity index (χ2n) is 6.72. The Kier molecular flexibility index (Phi) is 3.86. The number of ether oxygens (including phenoxy) is 1. The fourth-order valence-electron chi connectivity index (χ4n) is 3.41. The number of methoxy groups -OCH3 is 1. The molecule has 26 heavy (non-hydrogen) atoms. The van der Waals surface area contributed by atoms with Crippen LogP contribution >= 0.6 is 0 Å². The van der Waals surface area contributed by atoms with Gasteiger partial charge in [-0.3, -0.25) is 4.68 Å². The van der Waals surface area contributed by atoms with Gasteiger partial charge in [0.25, 0.3) is 0 Å². The highest BCUT2D eigenvalue weighted by Crippen LogP contribution is 2.42. The second-order valence-corrected chi connectivity index (χ2v) is 6.72. The van der Waals surface area contributed by atoms with Gasteiger partial charge in [-0.25, -0.2) is 9.48 Å². The van der Waals surface area contributed by atoms with E-state index in [1.54, 1.807) is 4.68 Å². The number of benzene rings is 1. The highest BCUT2D eigenvalue weighted by Gasteiger charge is 2.34. The molecular weight excluding hydrogens is 330 g/mol. The van der Waals surface area contributed by atoms with Crippen molar-refractivity contribution in [1.29, 1.82) is 0 Å². The average Bonchev–Trinajstić information content (AvgIpc) is 3.33. The van der Waals surface area contributed by atoms with Gasteiger partial charge in [0.15, 0.2) is 5.69 Å². The third kappa shape index (κ3) is 2.60. The molecule has 0 radical (unpaired) electrons. The minimum absolute atomic E-state index is 0.318. The Bertz CT molecular complexity index is 980. The van der Waals surface area contributed by atoms with Crippen molar-refractivity contribution < 1.29 is 9.53 Å². The van der Waals surface area contributed by atoms with Crippen LogP contribution in [-0.2, 0) is 11.8 Å². The van der Waals surface area contributed by atoms with Gasteiger partial charge in [0, 0.05) is 24.2 Å². The molecule has 7 nitrogen and oxygen atoms in total. The van der Waals surface area contributed by atoms with Gasteiger partial charge < -0.3 is 4.74 Å². The van der Waals surface area contributed by atoms with Gasteiger partial charge in [0.2, 0.25) is 0 Å². The van der Waals surface area contributed by atoms with Crippen molar-refractivity contribution in [2.24, 2.45) is 7.05 Å². The summed E-state index contributed by atoms with van der Waals surface area (Å²) in [5, 5.41) is 12.8. The molecule has 1 fully saturated rings. The molecule has 0 bridgehead atoms. The third-order valence-electron chi connectivity index (χ3n) is 4.96. The largest absolute Gasteiger partial charge is 0.464 e. The van der Waals surface area contributed by atoms with Gasteiger partial charge in [0.1, 0.15) is 0 Å². The lowest BCUT2D eigenvalue weighted by Crippen LogP contribution is -2.07. The summed E-state index contributed by atoms with van der Waals surface area (Å²) < 4.78 is 8.50. The Morgan fingerprint density at radius 3 is 2.42 bits per heavy atom. The lowest BCUT2D eigenvalue weighted by molar-refractivity contribution is 0.0592. The number of rotatable bonds is 4. The van der Waals surface area contributed by atoms with Gasteiger partial charge >= 0.3 is 5.97 Å². The quantitative estimate of drug-likeness (QED) is 0.676. The van der Waals surface area contributed by atoms with E-state index in [-0.39, 0.29) is 0 Å². The molecule has 4 rings (SSSR count).